The average Bonchev–Trinajstić information content (AvgIpc) is 2.00. The van der Waals surface area contributed by atoms with Gasteiger partial charge in [-0.2, -0.15) is 0 Å². The molecule has 0 aliphatic heterocycles. The molecule has 0 saturated heterocycles. The van der Waals surface area contributed by atoms with E-state index in [1.54, 1.807) is 0 Å². The third-order valence-electron chi connectivity index (χ3n) is 0.979. The van der Waals surface area contributed by atoms with Gasteiger partial charge in [-0.15, -0.1) is 0 Å². The lowest BCUT2D eigenvalue weighted by atomic mass is 10.5. The molecule has 3 nitrogen and oxygen atoms in total. The van der Waals surface area contributed by atoms with E-state index < -0.39 is 0 Å². The summed E-state index contributed by atoms with van der Waals surface area (Å²) in [5.74, 6) is 0. The quantitative estimate of drug-likeness (QED) is 0.504. The molecular weight excluding hydrogens is 138 g/mol. The van der Waals surface area contributed by atoms with E-state index in [1.807, 2.05) is 14.0 Å². The van der Waals surface area contributed by atoms with Crippen LogP contribution in [-0.2, 0) is 0 Å². The highest BCUT2D eigenvalue weighted by molar-refractivity contribution is 4.45. The van der Waals surface area contributed by atoms with Gasteiger partial charge in [0.25, 0.3) is 0 Å². The van der Waals surface area contributed by atoms with Gasteiger partial charge in [0.1, 0.15) is 0 Å². The summed E-state index contributed by atoms with van der Waals surface area (Å²) in [6, 6.07) is 0. The molecular formula is C8H23N3. The minimum Gasteiger partial charge on any atom is -0.331 e. The van der Waals surface area contributed by atoms with Crippen LogP contribution in [0.1, 0.15) is 20.3 Å². The van der Waals surface area contributed by atoms with E-state index in [0.29, 0.717) is 0 Å². The predicted molar refractivity (Wildman–Crippen MR) is 51.8 cm³/mol. The molecule has 4 N–H and O–H groups in total. The molecule has 11 heavy (non-hydrogen) atoms. The maximum Gasteiger partial charge on any atom is 0.00766 e. The van der Waals surface area contributed by atoms with Crippen LogP contribution in [0.15, 0.2) is 0 Å². The molecule has 0 saturated carbocycles. The van der Waals surface area contributed by atoms with Crippen LogP contribution in [0.2, 0.25) is 0 Å². The molecule has 70 valence electrons. The Bertz CT molecular complexity index is 42.6. The van der Waals surface area contributed by atoms with Crippen LogP contribution in [0, 0.1) is 0 Å². The Morgan fingerprint density at radius 3 is 2.00 bits per heavy atom. The molecule has 0 radical (unpaired) electrons. The van der Waals surface area contributed by atoms with Crippen molar-refractivity contribution in [2.75, 3.05) is 33.2 Å². The Morgan fingerprint density at radius 2 is 1.64 bits per heavy atom. The van der Waals surface area contributed by atoms with Crippen molar-refractivity contribution in [3.63, 3.8) is 0 Å². The van der Waals surface area contributed by atoms with Crippen molar-refractivity contribution in [1.29, 1.82) is 0 Å². The van der Waals surface area contributed by atoms with Crippen LogP contribution in [0.25, 0.3) is 0 Å². The second-order valence-electron chi connectivity index (χ2n) is 2.26. The SMILES string of the molecule is CCCNCCNC.CCN. The van der Waals surface area contributed by atoms with Gasteiger partial charge < -0.3 is 16.4 Å². The maximum atomic E-state index is 4.85. The van der Waals surface area contributed by atoms with Gasteiger partial charge in [0.2, 0.25) is 0 Å². The molecule has 0 aliphatic carbocycles. The summed E-state index contributed by atoms with van der Waals surface area (Å²) in [4.78, 5) is 0. The molecule has 0 bridgehead atoms. The number of rotatable bonds is 5. The second-order valence-corrected chi connectivity index (χ2v) is 2.26. The second kappa shape index (κ2) is 16.5. The van der Waals surface area contributed by atoms with Gasteiger partial charge in [-0.25, -0.2) is 0 Å². The summed E-state index contributed by atoms with van der Waals surface area (Å²) in [6.45, 7) is 8.12. The van der Waals surface area contributed by atoms with E-state index in [-0.39, 0.29) is 0 Å². The first-order valence-corrected chi connectivity index (χ1v) is 4.38. The van der Waals surface area contributed by atoms with Crippen molar-refractivity contribution in [3.8, 4) is 0 Å². The van der Waals surface area contributed by atoms with E-state index in [2.05, 4.69) is 17.6 Å². The first-order chi connectivity index (χ1) is 5.33. The highest BCUT2D eigenvalue weighted by Gasteiger charge is 1.79. The molecule has 0 spiro atoms. The van der Waals surface area contributed by atoms with Crippen LogP contribution in [-0.4, -0.2) is 33.2 Å². The predicted octanol–water partition coefficient (Wildman–Crippen LogP) is 0.170. The van der Waals surface area contributed by atoms with Crippen molar-refractivity contribution >= 4 is 0 Å². The summed E-state index contributed by atoms with van der Waals surface area (Å²) in [5.41, 5.74) is 4.85. The number of hydrogen-bond acceptors (Lipinski definition) is 3. The standard InChI is InChI=1S/C6H16N2.C2H7N/c1-3-4-8-6-5-7-2;1-2-3/h7-8H,3-6H2,1-2H3;2-3H2,1H3. The lowest BCUT2D eigenvalue weighted by molar-refractivity contribution is 0.641. The summed E-state index contributed by atoms with van der Waals surface area (Å²) in [7, 11) is 1.97. The van der Waals surface area contributed by atoms with Crippen molar-refractivity contribution in [2.24, 2.45) is 5.73 Å². The maximum absolute atomic E-state index is 4.85. The molecule has 0 aromatic rings. The molecule has 0 aromatic carbocycles. The van der Waals surface area contributed by atoms with Crippen LogP contribution in [0.4, 0.5) is 0 Å². The zero-order valence-electron chi connectivity index (χ0n) is 8.11. The lowest BCUT2D eigenvalue weighted by Gasteiger charge is -1.99. The van der Waals surface area contributed by atoms with Crippen molar-refractivity contribution in [2.45, 2.75) is 20.3 Å². The van der Waals surface area contributed by atoms with Crippen LogP contribution >= 0.6 is 0 Å². The number of hydrogen-bond donors (Lipinski definition) is 3. The zero-order valence-corrected chi connectivity index (χ0v) is 8.11. The smallest absolute Gasteiger partial charge is 0.00766 e. The average molecular weight is 161 g/mol. The summed E-state index contributed by atoms with van der Waals surface area (Å²) >= 11 is 0. The number of nitrogens with one attached hydrogen (secondary N) is 2. The molecule has 0 heterocycles. The summed E-state index contributed by atoms with van der Waals surface area (Å²) in [6.07, 6.45) is 1.23. The summed E-state index contributed by atoms with van der Waals surface area (Å²) < 4.78 is 0. The van der Waals surface area contributed by atoms with Gasteiger partial charge in [-0.3, -0.25) is 0 Å². The topological polar surface area (TPSA) is 50.1 Å². The van der Waals surface area contributed by atoms with E-state index in [0.717, 1.165) is 26.2 Å². The van der Waals surface area contributed by atoms with Gasteiger partial charge in [-0.1, -0.05) is 13.8 Å². The van der Waals surface area contributed by atoms with Crippen molar-refractivity contribution in [3.05, 3.63) is 0 Å². The van der Waals surface area contributed by atoms with E-state index in [4.69, 9.17) is 5.73 Å². The van der Waals surface area contributed by atoms with E-state index >= 15 is 0 Å². The van der Waals surface area contributed by atoms with Crippen molar-refractivity contribution < 1.29 is 0 Å². The zero-order chi connectivity index (χ0) is 8.95. The number of nitrogens with two attached hydrogens (primary N) is 1. The van der Waals surface area contributed by atoms with Crippen LogP contribution in [0.5, 0.6) is 0 Å². The molecule has 0 fully saturated rings. The molecule has 3 heteroatoms. The van der Waals surface area contributed by atoms with Crippen molar-refractivity contribution in [1.82, 2.24) is 10.6 Å². The molecule has 0 atom stereocenters. The van der Waals surface area contributed by atoms with E-state index in [1.165, 1.54) is 6.42 Å². The first kappa shape index (κ1) is 13.5. The fraction of sp³-hybridized carbons (Fsp3) is 1.00. The Labute approximate surface area is 70.7 Å². The number of likely N-dealkylation sites (N-methyl/N-ethyl adjacent to an activating group) is 1. The molecule has 0 aromatic heterocycles. The fourth-order valence-electron chi connectivity index (χ4n) is 0.515. The molecule has 0 unspecified atom stereocenters. The van der Waals surface area contributed by atoms with Gasteiger partial charge in [0.15, 0.2) is 0 Å². The Kier molecular flexibility index (Phi) is 20.2. The van der Waals surface area contributed by atoms with Gasteiger partial charge in [-0.05, 0) is 26.6 Å². The first-order valence-electron chi connectivity index (χ1n) is 4.38. The molecule has 0 aliphatic rings. The largest absolute Gasteiger partial charge is 0.331 e. The van der Waals surface area contributed by atoms with Crippen LogP contribution < -0.4 is 16.4 Å². The van der Waals surface area contributed by atoms with Gasteiger partial charge in [0.05, 0.1) is 0 Å². The Hall–Kier alpha value is -0.120. The van der Waals surface area contributed by atoms with E-state index in [9.17, 15) is 0 Å². The fourth-order valence-corrected chi connectivity index (χ4v) is 0.515. The molecule has 0 rings (SSSR count). The highest BCUT2D eigenvalue weighted by atomic mass is 14.9. The third kappa shape index (κ3) is 25.8. The minimum absolute atomic E-state index is 0.750. The minimum atomic E-state index is 0.750. The van der Waals surface area contributed by atoms with Gasteiger partial charge >= 0.3 is 0 Å². The summed E-state index contributed by atoms with van der Waals surface area (Å²) in [5, 5.41) is 6.34. The molecule has 0 amide bonds. The van der Waals surface area contributed by atoms with Gasteiger partial charge in [0, 0.05) is 13.1 Å². The Morgan fingerprint density at radius 1 is 1.09 bits per heavy atom. The lowest BCUT2D eigenvalue weighted by Crippen LogP contribution is -2.25. The Balaban J connectivity index is 0. The normalized spacial score (nSPS) is 8.73. The monoisotopic (exact) mass is 161 g/mol. The van der Waals surface area contributed by atoms with Crippen LogP contribution in [0.3, 0.4) is 0 Å². The third-order valence-corrected chi connectivity index (χ3v) is 0.979. The highest BCUT2D eigenvalue weighted by Crippen LogP contribution is 1.66.